The third kappa shape index (κ3) is 1.34. The first-order valence-electron chi connectivity index (χ1n) is 5.17. The lowest BCUT2D eigenvalue weighted by atomic mass is 10.2. The van der Waals surface area contributed by atoms with Crippen molar-refractivity contribution in [3.05, 3.63) is 17.7 Å². The van der Waals surface area contributed by atoms with Gasteiger partial charge in [0.1, 0.15) is 11.5 Å². The van der Waals surface area contributed by atoms with Crippen molar-refractivity contribution in [2.24, 2.45) is 7.05 Å². The van der Waals surface area contributed by atoms with Crippen LogP contribution in [-0.4, -0.2) is 19.4 Å². The van der Waals surface area contributed by atoms with Crippen LogP contribution in [0, 0.1) is 6.92 Å². The third-order valence-electron chi connectivity index (χ3n) is 2.83. The van der Waals surface area contributed by atoms with Gasteiger partial charge in [-0.2, -0.15) is 5.10 Å². The van der Waals surface area contributed by atoms with Gasteiger partial charge in [0.05, 0.1) is 6.20 Å². The van der Waals surface area contributed by atoms with Gasteiger partial charge in [0.2, 0.25) is 0 Å². The first-order valence-corrected chi connectivity index (χ1v) is 5.17. The summed E-state index contributed by atoms with van der Waals surface area (Å²) in [6.45, 7) is 3.97. The van der Waals surface area contributed by atoms with Crippen molar-refractivity contribution in [2.75, 3.05) is 11.6 Å². The molecule has 0 aliphatic rings. The predicted octanol–water partition coefficient (Wildman–Crippen LogP) is 0.450. The lowest BCUT2D eigenvalue weighted by molar-refractivity contribution is 0.740. The fraction of sp³-hybridized carbons (Fsp3) is 0.400. The molecule has 0 unspecified atom stereocenters. The normalized spacial score (nSPS) is 10.9. The van der Waals surface area contributed by atoms with Crippen molar-refractivity contribution in [1.29, 1.82) is 0 Å². The summed E-state index contributed by atoms with van der Waals surface area (Å²) in [6.07, 6.45) is 2.51. The Morgan fingerprint density at radius 1 is 1.44 bits per heavy atom. The summed E-state index contributed by atoms with van der Waals surface area (Å²) in [4.78, 5) is 4.43. The SMILES string of the molecule is CCc1nc(-c2cnn(C)c2C)c(N)n1N. The highest BCUT2D eigenvalue weighted by Crippen LogP contribution is 2.27. The molecule has 2 aromatic heterocycles. The van der Waals surface area contributed by atoms with E-state index in [1.807, 2.05) is 20.9 Å². The Labute approximate surface area is 93.8 Å². The van der Waals surface area contributed by atoms with Gasteiger partial charge in [0, 0.05) is 24.7 Å². The molecule has 0 aromatic carbocycles. The van der Waals surface area contributed by atoms with E-state index < -0.39 is 0 Å². The molecule has 0 saturated heterocycles. The van der Waals surface area contributed by atoms with Crippen LogP contribution in [0.4, 0.5) is 5.82 Å². The Kier molecular flexibility index (Phi) is 2.34. The monoisotopic (exact) mass is 220 g/mol. The minimum absolute atomic E-state index is 0.480. The highest BCUT2D eigenvalue weighted by atomic mass is 15.4. The fourth-order valence-electron chi connectivity index (χ4n) is 1.67. The van der Waals surface area contributed by atoms with E-state index in [1.54, 1.807) is 10.9 Å². The molecule has 4 N–H and O–H groups in total. The van der Waals surface area contributed by atoms with E-state index in [-0.39, 0.29) is 0 Å². The van der Waals surface area contributed by atoms with E-state index in [9.17, 15) is 0 Å². The van der Waals surface area contributed by atoms with E-state index in [4.69, 9.17) is 11.6 Å². The molecule has 0 radical (unpaired) electrons. The standard InChI is InChI=1S/C10H16N6/c1-4-8-14-9(10(11)16(8)12)7-5-13-15(3)6(7)2/h5H,4,11-12H2,1-3H3. The van der Waals surface area contributed by atoms with Crippen molar-refractivity contribution in [3.8, 4) is 11.3 Å². The van der Waals surface area contributed by atoms with E-state index in [1.165, 1.54) is 4.68 Å². The van der Waals surface area contributed by atoms with Crippen LogP contribution in [0.25, 0.3) is 11.3 Å². The van der Waals surface area contributed by atoms with E-state index in [0.29, 0.717) is 11.5 Å². The topological polar surface area (TPSA) is 87.7 Å². The van der Waals surface area contributed by atoms with Gasteiger partial charge < -0.3 is 11.6 Å². The fourth-order valence-corrected chi connectivity index (χ4v) is 1.67. The summed E-state index contributed by atoms with van der Waals surface area (Å²) >= 11 is 0. The van der Waals surface area contributed by atoms with Crippen LogP contribution >= 0.6 is 0 Å². The molecule has 0 spiro atoms. The summed E-state index contributed by atoms with van der Waals surface area (Å²) in [6, 6.07) is 0. The van der Waals surface area contributed by atoms with Crippen molar-refractivity contribution < 1.29 is 0 Å². The second-order valence-corrected chi connectivity index (χ2v) is 3.75. The zero-order chi connectivity index (χ0) is 11.9. The Morgan fingerprint density at radius 2 is 2.12 bits per heavy atom. The molecular formula is C10H16N6. The highest BCUT2D eigenvalue weighted by molar-refractivity contribution is 5.72. The first-order chi connectivity index (χ1) is 7.56. The Morgan fingerprint density at radius 3 is 2.56 bits per heavy atom. The first kappa shape index (κ1) is 10.5. The zero-order valence-electron chi connectivity index (χ0n) is 9.73. The summed E-state index contributed by atoms with van der Waals surface area (Å²) in [5.74, 6) is 7.06. The number of nitrogens with two attached hydrogens (primary N) is 2. The Bertz CT molecular complexity index is 522. The van der Waals surface area contributed by atoms with Crippen LogP contribution in [-0.2, 0) is 13.5 Å². The molecule has 2 heterocycles. The molecule has 0 aliphatic heterocycles. The summed E-state index contributed by atoms with van der Waals surface area (Å²) in [7, 11) is 1.88. The minimum atomic E-state index is 0.480. The molecule has 0 fully saturated rings. The summed E-state index contributed by atoms with van der Waals surface area (Å²) < 4.78 is 3.22. The Hall–Kier alpha value is -1.98. The molecule has 2 aromatic rings. The van der Waals surface area contributed by atoms with Crippen LogP contribution < -0.4 is 11.6 Å². The average Bonchev–Trinajstić information content (AvgIpc) is 2.73. The lowest BCUT2D eigenvalue weighted by Crippen LogP contribution is -2.14. The van der Waals surface area contributed by atoms with Crippen molar-refractivity contribution >= 4 is 5.82 Å². The molecule has 6 nitrogen and oxygen atoms in total. The van der Waals surface area contributed by atoms with Crippen LogP contribution in [0.2, 0.25) is 0 Å². The van der Waals surface area contributed by atoms with E-state index in [0.717, 1.165) is 23.5 Å². The minimum Gasteiger partial charge on any atom is -0.382 e. The van der Waals surface area contributed by atoms with Gasteiger partial charge in [0.15, 0.2) is 5.82 Å². The molecule has 0 amide bonds. The van der Waals surface area contributed by atoms with Crippen LogP contribution in [0.15, 0.2) is 6.20 Å². The van der Waals surface area contributed by atoms with Gasteiger partial charge in [0.25, 0.3) is 0 Å². The van der Waals surface area contributed by atoms with Gasteiger partial charge >= 0.3 is 0 Å². The number of aryl methyl sites for hydroxylation is 2. The zero-order valence-corrected chi connectivity index (χ0v) is 9.73. The molecular weight excluding hydrogens is 204 g/mol. The second-order valence-electron chi connectivity index (χ2n) is 3.75. The molecule has 0 aliphatic carbocycles. The molecule has 0 bridgehead atoms. The number of nitrogen functional groups attached to an aromatic ring is 2. The van der Waals surface area contributed by atoms with E-state index in [2.05, 4.69) is 10.1 Å². The third-order valence-corrected chi connectivity index (χ3v) is 2.83. The molecule has 0 saturated carbocycles. The highest BCUT2D eigenvalue weighted by Gasteiger charge is 2.17. The largest absolute Gasteiger partial charge is 0.382 e. The maximum atomic E-state index is 5.93. The van der Waals surface area contributed by atoms with Gasteiger partial charge in [-0.3, -0.25) is 4.68 Å². The second kappa shape index (κ2) is 3.55. The van der Waals surface area contributed by atoms with Crippen LogP contribution in [0.3, 0.4) is 0 Å². The maximum absolute atomic E-state index is 5.93. The van der Waals surface area contributed by atoms with Crippen LogP contribution in [0.1, 0.15) is 18.4 Å². The average molecular weight is 220 g/mol. The number of rotatable bonds is 2. The molecule has 16 heavy (non-hydrogen) atoms. The maximum Gasteiger partial charge on any atom is 0.150 e. The number of aromatic nitrogens is 4. The van der Waals surface area contributed by atoms with Crippen LogP contribution in [0.5, 0.6) is 0 Å². The Balaban J connectivity index is 2.61. The van der Waals surface area contributed by atoms with Crippen molar-refractivity contribution in [3.63, 3.8) is 0 Å². The van der Waals surface area contributed by atoms with Gasteiger partial charge in [-0.1, -0.05) is 6.92 Å². The number of imidazole rings is 1. The lowest BCUT2D eigenvalue weighted by Gasteiger charge is -2.00. The van der Waals surface area contributed by atoms with Gasteiger partial charge in [-0.05, 0) is 6.92 Å². The number of nitrogens with zero attached hydrogens (tertiary/aromatic N) is 4. The molecule has 2 rings (SSSR count). The van der Waals surface area contributed by atoms with Crippen molar-refractivity contribution in [1.82, 2.24) is 19.4 Å². The predicted molar refractivity (Wildman–Crippen MR) is 63.1 cm³/mol. The van der Waals surface area contributed by atoms with E-state index >= 15 is 0 Å². The number of anilines is 1. The molecule has 86 valence electrons. The van der Waals surface area contributed by atoms with Gasteiger partial charge in [-0.15, -0.1) is 0 Å². The summed E-state index contributed by atoms with van der Waals surface area (Å²) in [5.41, 5.74) is 8.59. The molecule has 0 atom stereocenters. The number of hydrogen-bond acceptors (Lipinski definition) is 4. The quantitative estimate of drug-likeness (QED) is 0.719. The summed E-state index contributed by atoms with van der Waals surface area (Å²) in [5, 5.41) is 4.17. The smallest absolute Gasteiger partial charge is 0.150 e. The number of hydrogen-bond donors (Lipinski definition) is 2. The molecule has 6 heteroatoms. The van der Waals surface area contributed by atoms with Crippen molar-refractivity contribution in [2.45, 2.75) is 20.3 Å². The van der Waals surface area contributed by atoms with Gasteiger partial charge in [-0.25, -0.2) is 9.66 Å².